The van der Waals surface area contributed by atoms with E-state index in [4.69, 9.17) is 5.11 Å². The first-order chi connectivity index (χ1) is 8.80. The Balaban J connectivity index is 2.52. The highest BCUT2D eigenvalue weighted by Gasteiger charge is 2.32. The maximum absolute atomic E-state index is 12.1. The molecule has 0 aromatic carbocycles. The third kappa shape index (κ3) is 5.37. The van der Waals surface area contributed by atoms with E-state index in [0.29, 0.717) is 13.0 Å². The third-order valence-corrected chi connectivity index (χ3v) is 7.26. The molecule has 1 aliphatic heterocycles. The van der Waals surface area contributed by atoms with E-state index in [1.54, 1.807) is 0 Å². The fourth-order valence-electron chi connectivity index (χ4n) is 2.16. The van der Waals surface area contributed by atoms with Crippen molar-refractivity contribution < 1.29 is 21.9 Å². The number of sulfonamides is 1. The van der Waals surface area contributed by atoms with Crippen LogP contribution in [0.4, 0.5) is 0 Å². The molecule has 19 heavy (non-hydrogen) atoms. The monoisotopic (exact) mass is 313 g/mol. The van der Waals surface area contributed by atoms with E-state index in [2.05, 4.69) is 4.72 Å². The molecule has 1 unspecified atom stereocenters. The van der Waals surface area contributed by atoms with E-state index in [-0.39, 0.29) is 36.9 Å². The molecule has 0 aliphatic carbocycles. The van der Waals surface area contributed by atoms with Crippen LogP contribution in [0.25, 0.3) is 0 Å². The van der Waals surface area contributed by atoms with Gasteiger partial charge in [0.25, 0.3) is 0 Å². The molecule has 1 fully saturated rings. The topological polar surface area (TPSA) is 101 Å². The lowest BCUT2D eigenvalue weighted by atomic mass is 10.0. The highest BCUT2D eigenvalue weighted by molar-refractivity contribution is 7.92. The lowest BCUT2D eigenvalue weighted by Gasteiger charge is -2.23. The van der Waals surface area contributed by atoms with Crippen molar-refractivity contribution in [1.29, 1.82) is 0 Å². The Kier molecular flexibility index (Phi) is 6.22. The average Bonchev–Trinajstić information content (AvgIpc) is 2.34. The molecule has 1 rings (SSSR count). The van der Waals surface area contributed by atoms with Crippen LogP contribution in [0.1, 0.15) is 32.6 Å². The number of sulfone groups is 1. The van der Waals surface area contributed by atoms with Crippen molar-refractivity contribution in [1.82, 2.24) is 4.72 Å². The van der Waals surface area contributed by atoms with Gasteiger partial charge in [0.2, 0.25) is 10.0 Å². The molecule has 0 amide bonds. The second-order valence-electron chi connectivity index (χ2n) is 5.03. The molecule has 1 saturated heterocycles. The van der Waals surface area contributed by atoms with Crippen molar-refractivity contribution in [2.45, 2.75) is 37.9 Å². The van der Waals surface area contributed by atoms with Crippen LogP contribution >= 0.6 is 0 Å². The normalized spacial score (nSPS) is 22.2. The summed E-state index contributed by atoms with van der Waals surface area (Å²) in [5.74, 6) is 0.0193. The van der Waals surface area contributed by atoms with E-state index in [1.165, 1.54) is 0 Å². The van der Waals surface area contributed by atoms with E-state index in [9.17, 15) is 16.8 Å². The van der Waals surface area contributed by atoms with Gasteiger partial charge in [-0.1, -0.05) is 13.3 Å². The van der Waals surface area contributed by atoms with Gasteiger partial charge in [0.05, 0.1) is 16.8 Å². The summed E-state index contributed by atoms with van der Waals surface area (Å²) in [6.45, 7) is 2.30. The quantitative estimate of drug-likeness (QED) is 0.683. The Morgan fingerprint density at radius 3 is 2.37 bits per heavy atom. The van der Waals surface area contributed by atoms with Gasteiger partial charge in [-0.2, -0.15) is 0 Å². The summed E-state index contributed by atoms with van der Waals surface area (Å²) in [6.07, 6.45) is 1.71. The van der Waals surface area contributed by atoms with Crippen LogP contribution in [-0.2, 0) is 19.9 Å². The number of aliphatic hydroxyl groups is 1. The Morgan fingerprint density at radius 1 is 1.32 bits per heavy atom. The first kappa shape index (κ1) is 16.9. The second kappa shape index (κ2) is 7.01. The van der Waals surface area contributed by atoms with Crippen LogP contribution in [0.15, 0.2) is 0 Å². The number of hydrogen-bond acceptors (Lipinski definition) is 5. The highest BCUT2D eigenvalue weighted by atomic mass is 32.2. The number of hydrogen-bond donors (Lipinski definition) is 2. The Bertz CT molecular complexity index is 457. The van der Waals surface area contributed by atoms with Crippen LogP contribution in [-0.4, -0.2) is 51.8 Å². The van der Waals surface area contributed by atoms with Crippen LogP contribution < -0.4 is 4.72 Å². The first-order valence-corrected chi connectivity index (χ1v) is 9.97. The lowest BCUT2D eigenvalue weighted by molar-refractivity contribution is 0.254. The summed E-state index contributed by atoms with van der Waals surface area (Å²) in [5, 5.41) is 8.25. The van der Waals surface area contributed by atoms with Gasteiger partial charge in [0.1, 0.15) is 9.84 Å². The Labute approximate surface area is 115 Å². The van der Waals surface area contributed by atoms with Gasteiger partial charge in [0.15, 0.2) is 0 Å². The van der Waals surface area contributed by atoms with Gasteiger partial charge in [-0.15, -0.1) is 0 Å². The average molecular weight is 313 g/mol. The molecule has 114 valence electrons. The minimum absolute atomic E-state index is 0.0436. The maximum Gasteiger partial charge on any atom is 0.214 e. The number of aliphatic hydroxyl groups excluding tert-OH is 1. The van der Waals surface area contributed by atoms with Crippen molar-refractivity contribution in [3.8, 4) is 0 Å². The van der Waals surface area contributed by atoms with Gasteiger partial charge in [-0.05, 0) is 25.2 Å². The summed E-state index contributed by atoms with van der Waals surface area (Å²) >= 11 is 0. The molecular weight excluding hydrogens is 290 g/mol. The fourth-order valence-corrected chi connectivity index (χ4v) is 5.51. The summed E-state index contributed by atoms with van der Waals surface area (Å²) < 4.78 is 49.2. The van der Waals surface area contributed by atoms with Crippen LogP contribution in [0, 0.1) is 5.92 Å². The zero-order chi connectivity index (χ0) is 14.5. The standard InChI is InChI=1S/C11H23NO5S2/c1-2-10(3-6-13)9-12-19(16,17)11-4-7-18(14,15)8-5-11/h10-13H,2-9H2,1H3. The minimum Gasteiger partial charge on any atom is -0.396 e. The van der Waals surface area contributed by atoms with E-state index < -0.39 is 25.1 Å². The first-order valence-electron chi connectivity index (χ1n) is 6.60. The zero-order valence-electron chi connectivity index (χ0n) is 11.2. The summed E-state index contributed by atoms with van der Waals surface area (Å²) in [7, 11) is -6.50. The molecule has 1 atom stereocenters. The number of nitrogens with one attached hydrogen (secondary N) is 1. The van der Waals surface area contributed by atoms with Crippen molar-refractivity contribution in [3.05, 3.63) is 0 Å². The molecule has 0 spiro atoms. The predicted molar refractivity (Wildman–Crippen MR) is 74.1 cm³/mol. The largest absolute Gasteiger partial charge is 0.396 e. The molecule has 0 aromatic heterocycles. The molecule has 1 aliphatic rings. The van der Waals surface area contributed by atoms with E-state index >= 15 is 0 Å². The second-order valence-corrected chi connectivity index (χ2v) is 9.38. The maximum atomic E-state index is 12.1. The SMILES string of the molecule is CCC(CCO)CNS(=O)(=O)C1CCS(=O)(=O)CC1. The van der Waals surface area contributed by atoms with Crippen LogP contribution in [0.3, 0.4) is 0 Å². The van der Waals surface area contributed by atoms with Crippen LogP contribution in [0.5, 0.6) is 0 Å². The van der Waals surface area contributed by atoms with E-state index in [0.717, 1.165) is 6.42 Å². The van der Waals surface area contributed by atoms with Crippen molar-refractivity contribution in [3.63, 3.8) is 0 Å². The predicted octanol–water partition coefficient (Wildman–Crippen LogP) is -0.108. The third-order valence-electron chi connectivity index (χ3n) is 3.63. The fraction of sp³-hybridized carbons (Fsp3) is 1.00. The minimum atomic E-state index is -3.45. The Morgan fingerprint density at radius 2 is 1.89 bits per heavy atom. The number of rotatable bonds is 7. The van der Waals surface area contributed by atoms with Gasteiger partial charge in [-0.3, -0.25) is 0 Å². The molecule has 0 saturated carbocycles. The van der Waals surface area contributed by atoms with Crippen molar-refractivity contribution in [2.24, 2.45) is 5.92 Å². The molecule has 0 bridgehead atoms. The van der Waals surface area contributed by atoms with Crippen molar-refractivity contribution in [2.75, 3.05) is 24.7 Å². The Hall–Kier alpha value is -0.180. The van der Waals surface area contributed by atoms with Gasteiger partial charge < -0.3 is 5.11 Å². The zero-order valence-corrected chi connectivity index (χ0v) is 12.8. The summed E-state index contributed by atoms with van der Waals surface area (Å²) in [6, 6.07) is 0. The molecule has 1 heterocycles. The summed E-state index contributed by atoms with van der Waals surface area (Å²) in [4.78, 5) is 0. The molecule has 2 N–H and O–H groups in total. The summed E-state index contributed by atoms with van der Waals surface area (Å²) in [5.41, 5.74) is 0. The molecule has 0 radical (unpaired) electrons. The molecular formula is C11H23NO5S2. The lowest BCUT2D eigenvalue weighted by Crippen LogP contribution is -2.41. The molecule has 0 aromatic rings. The van der Waals surface area contributed by atoms with Crippen LogP contribution in [0.2, 0.25) is 0 Å². The highest BCUT2D eigenvalue weighted by Crippen LogP contribution is 2.19. The molecule has 6 nitrogen and oxygen atoms in total. The smallest absolute Gasteiger partial charge is 0.214 e. The van der Waals surface area contributed by atoms with Crippen molar-refractivity contribution >= 4 is 19.9 Å². The van der Waals surface area contributed by atoms with Gasteiger partial charge >= 0.3 is 0 Å². The van der Waals surface area contributed by atoms with Gasteiger partial charge in [-0.25, -0.2) is 21.6 Å². The van der Waals surface area contributed by atoms with Gasteiger partial charge in [0, 0.05) is 13.2 Å². The van der Waals surface area contributed by atoms with E-state index in [1.807, 2.05) is 6.92 Å². The molecule has 8 heteroatoms.